The van der Waals surface area contributed by atoms with Gasteiger partial charge in [0.1, 0.15) is 0 Å². The van der Waals surface area contributed by atoms with E-state index >= 15 is 0 Å². The molecule has 1 aromatic carbocycles. The average molecular weight is 444 g/mol. The van der Waals surface area contributed by atoms with Crippen LogP contribution in [0.3, 0.4) is 0 Å². The monoisotopic (exact) mass is 441 g/mol. The highest BCUT2D eigenvalue weighted by Crippen LogP contribution is 2.34. The zero-order valence-electron chi connectivity index (χ0n) is 9.56. The number of nitrogens with one attached hydrogen (secondary N) is 1. The predicted octanol–water partition coefficient (Wildman–Crippen LogP) is 6.14. The van der Waals surface area contributed by atoms with Crippen molar-refractivity contribution >= 4 is 78.0 Å². The summed E-state index contributed by atoms with van der Waals surface area (Å²) in [7, 11) is 0. The van der Waals surface area contributed by atoms with Gasteiger partial charge in [-0.1, -0.05) is 23.2 Å². The molecular weight excluding hydrogens is 437 g/mol. The molecule has 0 aliphatic rings. The molecule has 0 unspecified atom stereocenters. The Hall–Kier alpha value is -0.0700. The number of carbonyl (C=O) groups excluding carboxylic acids is 1. The highest BCUT2D eigenvalue weighted by Gasteiger charge is 2.14. The second-order valence-corrected chi connectivity index (χ2v) is 7.81. The third-order valence-electron chi connectivity index (χ3n) is 2.37. The Morgan fingerprint density at radius 2 is 1.89 bits per heavy atom. The number of anilines is 1. The van der Waals surface area contributed by atoms with Crippen molar-refractivity contribution in [2.24, 2.45) is 0 Å². The summed E-state index contributed by atoms with van der Waals surface area (Å²) in [4.78, 5) is 12.7. The molecule has 2 rings (SSSR count). The zero-order valence-corrected chi connectivity index (χ0v) is 15.1. The molecule has 0 saturated heterocycles. The summed E-state index contributed by atoms with van der Waals surface area (Å²) in [5.41, 5.74) is 1.37. The molecule has 0 aliphatic heterocycles. The van der Waals surface area contributed by atoms with E-state index in [2.05, 4.69) is 37.2 Å². The highest BCUT2D eigenvalue weighted by molar-refractivity contribution is 9.13. The number of aryl methyl sites for hydroxylation is 1. The van der Waals surface area contributed by atoms with Gasteiger partial charge >= 0.3 is 0 Å². The predicted molar refractivity (Wildman–Crippen MR) is 88.9 cm³/mol. The second-order valence-electron chi connectivity index (χ2n) is 3.77. The van der Waals surface area contributed by atoms with Crippen LogP contribution in [0.25, 0.3) is 0 Å². The molecule has 19 heavy (non-hydrogen) atoms. The van der Waals surface area contributed by atoms with Crippen LogP contribution in [0, 0.1) is 6.92 Å². The maximum Gasteiger partial charge on any atom is 0.265 e. The molecular formula is C12H7Br2Cl2NOS. The molecule has 1 N–H and O–H groups in total. The van der Waals surface area contributed by atoms with Gasteiger partial charge in [0.2, 0.25) is 0 Å². The number of hydrogen-bond acceptors (Lipinski definition) is 2. The summed E-state index contributed by atoms with van der Waals surface area (Å²) < 4.78 is 1.71. The van der Waals surface area contributed by atoms with Crippen molar-refractivity contribution in [1.82, 2.24) is 0 Å². The lowest BCUT2D eigenvalue weighted by molar-refractivity contribution is 0.103. The molecule has 7 heteroatoms. The lowest BCUT2D eigenvalue weighted by atomic mass is 10.2. The fourth-order valence-corrected chi connectivity index (χ4v) is 3.74. The van der Waals surface area contributed by atoms with Crippen molar-refractivity contribution in [2.45, 2.75) is 6.92 Å². The van der Waals surface area contributed by atoms with Crippen molar-refractivity contribution in [3.63, 3.8) is 0 Å². The summed E-state index contributed by atoms with van der Waals surface area (Å²) in [5, 5.41) is 3.77. The molecule has 1 aromatic heterocycles. The lowest BCUT2D eigenvalue weighted by Crippen LogP contribution is -2.10. The Kier molecular flexibility index (Phi) is 4.95. The fraction of sp³-hybridized carbons (Fsp3) is 0.0833. The topological polar surface area (TPSA) is 29.1 Å². The summed E-state index contributed by atoms with van der Waals surface area (Å²) in [6.07, 6.45) is 0. The fourth-order valence-electron chi connectivity index (χ4n) is 1.38. The molecule has 2 aromatic rings. The molecule has 0 spiro atoms. The van der Waals surface area contributed by atoms with Gasteiger partial charge in [-0.15, -0.1) is 11.3 Å². The minimum atomic E-state index is -0.224. The van der Waals surface area contributed by atoms with Crippen molar-refractivity contribution in [3.8, 4) is 0 Å². The van der Waals surface area contributed by atoms with Crippen molar-refractivity contribution < 1.29 is 4.79 Å². The van der Waals surface area contributed by atoms with E-state index in [9.17, 15) is 4.79 Å². The van der Waals surface area contributed by atoms with E-state index in [1.54, 1.807) is 18.2 Å². The molecule has 1 heterocycles. The smallest absolute Gasteiger partial charge is 0.265 e. The molecule has 0 fully saturated rings. The SMILES string of the molecule is Cc1cc(Cl)c(NC(=O)c2cc(Br)c(Br)s2)cc1Cl. The first-order valence-corrected chi connectivity index (χ1v) is 8.26. The van der Waals surface area contributed by atoms with Crippen LogP contribution >= 0.6 is 66.4 Å². The Bertz CT molecular complexity index is 638. The van der Waals surface area contributed by atoms with Gasteiger partial charge in [-0.25, -0.2) is 0 Å². The number of rotatable bonds is 2. The van der Waals surface area contributed by atoms with E-state index in [1.165, 1.54) is 11.3 Å². The van der Waals surface area contributed by atoms with Crippen molar-refractivity contribution in [3.05, 3.63) is 46.9 Å². The van der Waals surface area contributed by atoms with Gasteiger partial charge < -0.3 is 5.32 Å². The van der Waals surface area contributed by atoms with E-state index in [4.69, 9.17) is 23.2 Å². The van der Waals surface area contributed by atoms with Gasteiger partial charge in [-0.2, -0.15) is 0 Å². The molecule has 0 aliphatic carbocycles. The summed E-state index contributed by atoms with van der Waals surface area (Å²) in [5.74, 6) is -0.224. The molecule has 1 amide bonds. The van der Waals surface area contributed by atoms with E-state index in [0.717, 1.165) is 13.8 Å². The number of thiophene rings is 1. The van der Waals surface area contributed by atoms with E-state index in [0.29, 0.717) is 20.6 Å². The van der Waals surface area contributed by atoms with Crippen LogP contribution < -0.4 is 5.32 Å². The van der Waals surface area contributed by atoms with Gasteiger partial charge in [0.05, 0.1) is 19.4 Å². The molecule has 2 nitrogen and oxygen atoms in total. The Morgan fingerprint density at radius 1 is 1.21 bits per heavy atom. The minimum absolute atomic E-state index is 0.224. The summed E-state index contributed by atoms with van der Waals surface area (Å²) in [6.45, 7) is 1.85. The first-order chi connectivity index (χ1) is 8.88. The molecule has 0 atom stereocenters. The minimum Gasteiger partial charge on any atom is -0.320 e. The Balaban J connectivity index is 2.26. The molecule has 0 saturated carbocycles. The zero-order chi connectivity index (χ0) is 14.2. The second kappa shape index (κ2) is 6.14. The standard InChI is InChI=1S/C12H7Br2Cl2NOS/c1-5-2-8(16)9(4-7(5)15)17-12(18)10-3-6(13)11(14)19-10/h2-4H,1H3,(H,17,18). The van der Waals surface area contributed by atoms with Crippen LogP contribution in [-0.2, 0) is 0 Å². The van der Waals surface area contributed by atoms with Crippen molar-refractivity contribution in [2.75, 3.05) is 5.32 Å². The summed E-state index contributed by atoms with van der Waals surface area (Å²) >= 11 is 20.1. The van der Waals surface area contributed by atoms with Gasteiger partial charge in [0, 0.05) is 9.50 Å². The van der Waals surface area contributed by atoms with E-state index < -0.39 is 0 Å². The molecule has 0 bridgehead atoms. The number of amides is 1. The van der Waals surface area contributed by atoms with Crippen LogP contribution in [0.2, 0.25) is 10.0 Å². The van der Waals surface area contributed by atoms with E-state index in [-0.39, 0.29) is 5.91 Å². The maximum atomic E-state index is 12.1. The first-order valence-electron chi connectivity index (χ1n) is 5.10. The number of carbonyl (C=O) groups is 1. The quantitative estimate of drug-likeness (QED) is 0.593. The van der Waals surface area contributed by atoms with Crippen LogP contribution in [0.1, 0.15) is 15.2 Å². The van der Waals surface area contributed by atoms with Gasteiger partial charge in [-0.3, -0.25) is 4.79 Å². The third kappa shape index (κ3) is 3.52. The average Bonchev–Trinajstić information content (AvgIpc) is 2.67. The van der Waals surface area contributed by atoms with E-state index in [1.807, 2.05) is 6.92 Å². The van der Waals surface area contributed by atoms with Crippen LogP contribution in [0.15, 0.2) is 26.5 Å². The first kappa shape index (κ1) is 15.3. The van der Waals surface area contributed by atoms with Gasteiger partial charge in [0.25, 0.3) is 5.91 Å². The normalized spacial score (nSPS) is 10.6. The molecule has 0 radical (unpaired) electrons. The highest BCUT2D eigenvalue weighted by atomic mass is 79.9. The van der Waals surface area contributed by atoms with Crippen molar-refractivity contribution in [1.29, 1.82) is 0 Å². The third-order valence-corrected chi connectivity index (χ3v) is 6.34. The van der Waals surface area contributed by atoms with Gasteiger partial charge in [-0.05, 0) is 62.5 Å². The largest absolute Gasteiger partial charge is 0.320 e. The molecule has 100 valence electrons. The number of halogens is 4. The Labute approximate surface area is 141 Å². The summed E-state index contributed by atoms with van der Waals surface area (Å²) in [6, 6.07) is 5.11. The van der Waals surface area contributed by atoms with Gasteiger partial charge in [0.15, 0.2) is 0 Å². The maximum absolute atomic E-state index is 12.1. The van der Waals surface area contributed by atoms with Crippen LogP contribution in [0.4, 0.5) is 5.69 Å². The number of benzene rings is 1. The van der Waals surface area contributed by atoms with Crippen LogP contribution in [-0.4, -0.2) is 5.91 Å². The lowest BCUT2D eigenvalue weighted by Gasteiger charge is -2.08. The van der Waals surface area contributed by atoms with Crippen LogP contribution in [0.5, 0.6) is 0 Å². The number of hydrogen-bond donors (Lipinski definition) is 1. The Morgan fingerprint density at radius 3 is 2.47 bits per heavy atom.